The molecule has 0 aromatic heterocycles. The first kappa shape index (κ1) is 13.1. The normalized spacial score (nSPS) is 12.3. The van der Waals surface area contributed by atoms with Crippen LogP contribution in [0.2, 0.25) is 5.02 Å². The number of hydrogen-bond donors (Lipinski definition) is 2. The van der Waals surface area contributed by atoms with Gasteiger partial charge in [-0.2, -0.15) is 0 Å². The van der Waals surface area contributed by atoms with Gasteiger partial charge in [-0.1, -0.05) is 11.6 Å². The average Bonchev–Trinajstić information content (AvgIpc) is 2.28. The van der Waals surface area contributed by atoms with Crippen LogP contribution in [-0.2, 0) is 6.42 Å². The van der Waals surface area contributed by atoms with E-state index in [4.69, 9.17) is 26.8 Å². The zero-order valence-corrected chi connectivity index (χ0v) is 10.1. The van der Waals surface area contributed by atoms with Crippen molar-refractivity contribution in [3.8, 4) is 11.5 Å². The fourth-order valence-corrected chi connectivity index (χ4v) is 1.73. The predicted molar refractivity (Wildman–Crippen MR) is 63.3 cm³/mol. The van der Waals surface area contributed by atoms with E-state index in [0.717, 1.165) is 5.56 Å². The summed E-state index contributed by atoms with van der Waals surface area (Å²) in [6, 6.07) is 3.40. The van der Waals surface area contributed by atoms with Crippen molar-refractivity contribution in [3.05, 3.63) is 22.7 Å². The lowest BCUT2D eigenvalue weighted by molar-refractivity contribution is 0.182. The Labute approximate surface area is 99.9 Å². The minimum atomic E-state index is -0.614. The molecule has 0 saturated carbocycles. The fourth-order valence-electron chi connectivity index (χ4n) is 1.49. The quantitative estimate of drug-likeness (QED) is 0.819. The van der Waals surface area contributed by atoms with E-state index in [9.17, 15) is 5.11 Å². The number of aliphatic hydroxyl groups is 1. The molecule has 0 amide bonds. The second kappa shape index (κ2) is 5.94. The highest BCUT2D eigenvalue weighted by molar-refractivity contribution is 6.30. The van der Waals surface area contributed by atoms with Gasteiger partial charge < -0.3 is 20.3 Å². The summed E-state index contributed by atoms with van der Waals surface area (Å²) in [6.45, 7) is 0.192. The van der Waals surface area contributed by atoms with Crippen LogP contribution in [0.15, 0.2) is 12.1 Å². The van der Waals surface area contributed by atoms with Gasteiger partial charge in [-0.25, -0.2) is 0 Å². The van der Waals surface area contributed by atoms with Crippen LogP contribution in [-0.4, -0.2) is 32.0 Å². The topological polar surface area (TPSA) is 64.7 Å². The zero-order chi connectivity index (χ0) is 12.1. The van der Waals surface area contributed by atoms with E-state index in [1.807, 2.05) is 0 Å². The van der Waals surface area contributed by atoms with Crippen molar-refractivity contribution < 1.29 is 14.6 Å². The first-order valence-electron chi connectivity index (χ1n) is 4.90. The summed E-state index contributed by atoms with van der Waals surface area (Å²) in [5.74, 6) is 1.13. The highest BCUT2D eigenvalue weighted by atomic mass is 35.5. The minimum absolute atomic E-state index is 0.192. The van der Waals surface area contributed by atoms with E-state index in [1.165, 1.54) is 7.11 Å². The number of aliphatic hydroxyl groups excluding tert-OH is 1. The molecule has 0 heterocycles. The molecule has 0 aliphatic heterocycles. The van der Waals surface area contributed by atoms with Crippen molar-refractivity contribution in [1.82, 2.24) is 0 Å². The van der Waals surface area contributed by atoms with Gasteiger partial charge in [0.25, 0.3) is 0 Å². The van der Waals surface area contributed by atoms with Gasteiger partial charge in [0, 0.05) is 29.6 Å². The minimum Gasteiger partial charge on any atom is -0.493 e. The third-order valence-corrected chi connectivity index (χ3v) is 2.47. The second-order valence-electron chi connectivity index (χ2n) is 3.39. The number of rotatable bonds is 5. The molecule has 1 atom stereocenters. The van der Waals surface area contributed by atoms with E-state index >= 15 is 0 Å². The Bertz CT molecular complexity index is 357. The lowest BCUT2D eigenvalue weighted by Gasteiger charge is -2.15. The molecule has 0 spiro atoms. The SMILES string of the molecule is COc1cc(Cl)cc(CC(O)CN)c1OC. The number of ether oxygens (including phenoxy) is 2. The van der Waals surface area contributed by atoms with E-state index in [0.29, 0.717) is 22.9 Å². The molecular formula is C11H16ClNO3. The lowest BCUT2D eigenvalue weighted by Crippen LogP contribution is -2.22. The van der Waals surface area contributed by atoms with E-state index in [2.05, 4.69) is 0 Å². The van der Waals surface area contributed by atoms with E-state index in [1.54, 1.807) is 19.2 Å². The Morgan fingerprint density at radius 3 is 2.56 bits per heavy atom. The monoisotopic (exact) mass is 245 g/mol. The number of hydrogen-bond acceptors (Lipinski definition) is 4. The summed E-state index contributed by atoms with van der Waals surface area (Å²) in [5, 5.41) is 10.1. The molecular weight excluding hydrogens is 230 g/mol. The van der Waals surface area contributed by atoms with Crippen LogP contribution in [0.3, 0.4) is 0 Å². The summed E-state index contributed by atoms with van der Waals surface area (Å²) in [7, 11) is 3.08. The Hall–Kier alpha value is -0.970. The molecule has 0 bridgehead atoms. The highest BCUT2D eigenvalue weighted by Crippen LogP contribution is 2.34. The van der Waals surface area contributed by atoms with Gasteiger partial charge in [-0.3, -0.25) is 0 Å². The summed E-state index contributed by atoms with van der Waals surface area (Å²) in [6.07, 6.45) is -0.228. The third kappa shape index (κ3) is 3.01. The van der Waals surface area contributed by atoms with Gasteiger partial charge in [0.1, 0.15) is 0 Å². The third-order valence-electron chi connectivity index (χ3n) is 2.25. The Morgan fingerprint density at radius 1 is 1.38 bits per heavy atom. The fraction of sp³-hybridized carbons (Fsp3) is 0.455. The molecule has 90 valence electrons. The van der Waals surface area contributed by atoms with Crippen LogP contribution in [0, 0.1) is 0 Å². The van der Waals surface area contributed by atoms with Gasteiger partial charge in [-0.15, -0.1) is 0 Å². The molecule has 0 radical (unpaired) electrons. The largest absolute Gasteiger partial charge is 0.493 e. The van der Waals surface area contributed by atoms with Gasteiger partial charge in [0.2, 0.25) is 0 Å². The molecule has 0 saturated heterocycles. The van der Waals surface area contributed by atoms with Crippen LogP contribution in [0.5, 0.6) is 11.5 Å². The number of halogens is 1. The Morgan fingerprint density at radius 2 is 2.06 bits per heavy atom. The summed E-state index contributed by atoms with van der Waals surface area (Å²) >= 11 is 5.94. The summed E-state index contributed by atoms with van der Waals surface area (Å²) in [4.78, 5) is 0. The maximum absolute atomic E-state index is 9.52. The van der Waals surface area contributed by atoms with Crippen LogP contribution < -0.4 is 15.2 Å². The first-order valence-corrected chi connectivity index (χ1v) is 5.28. The van der Waals surface area contributed by atoms with Crippen LogP contribution >= 0.6 is 11.6 Å². The van der Waals surface area contributed by atoms with Gasteiger partial charge in [-0.05, 0) is 6.07 Å². The molecule has 0 fully saturated rings. The van der Waals surface area contributed by atoms with Crippen molar-refractivity contribution in [1.29, 1.82) is 0 Å². The molecule has 1 aromatic carbocycles. The van der Waals surface area contributed by atoms with E-state index in [-0.39, 0.29) is 6.54 Å². The van der Waals surface area contributed by atoms with Crippen molar-refractivity contribution in [2.75, 3.05) is 20.8 Å². The summed E-state index contributed by atoms with van der Waals surface area (Å²) < 4.78 is 10.4. The van der Waals surface area contributed by atoms with Gasteiger partial charge in [0.15, 0.2) is 11.5 Å². The van der Waals surface area contributed by atoms with Gasteiger partial charge >= 0.3 is 0 Å². The van der Waals surface area contributed by atoms with Crippen LogP contribution in [0.4, 0.5) is 0 Å². The van der Waals surface area contributed by atoms with Crippen LogP contribution in [0.1, 0.15) is 5.56 Å². The first-order chi connectivity index (χ1) is 7.62. The molecule has 3 N–H and O–H groups in total. The second-order valence-corrected chi connectivity index (χ2v) is 3.83. The van der Waals surface area contributed by atoms with Crippen LogP contribution in [0.25, 0.3) is 0 Å². The highest BCUT2D eigenvalue weighted by Gasteiger charge is 2.14. The van der Waals surface area contributed by atoms with Gasteiger partial charge in [0.05, 0.1) is 20.3 Å². The molecule has 1 rings (SSSR count). The number of nitrogens with two attached hydrogens (primary N) is 1. The Kier molecular flexibility index (Phi) is 4.86. The smallest absolute Gasteiger partial charge is 0.164 e. The number of benzene rings is 1. The molecule has 1 aromatic rings. The summed E-state index contributed by atoms with van der Waals surface area (Å²) in [5.41, 5.74) is 6.15. The molecule has 0 aliphatic rings. The Balaban J connectivity index is 3.09. The lowest BCUT2D eigenvalue weighted by atomic mass is 10.1. The maximum Gasteiger partial charge on any atom is 0.164 e. The number of methoxy groups -OCH3 is 2. The maximum atomic E-state index is 9.52. The molecule has 5 heteroatoms. The van der Waals surface area contributed by atoms with Crippen molar-refractivity contribution >= 4 is 11.6 Å². The van der Waals surface area contributed by atoms with Crippen molar-refractivity contribution in [2.24, 2.45) is 5.73 Å². The standard InChI is InChI=1S/C11H16ClNO3/c1-15-10-5-8(12)3-7(11(10)16-2)4-9(14)6-13/h3,5,9,14H,4,6,13H2,1-2H3. The average molecular weight is 246 g/mol. The van der Waals surface area contributed by atoms with E-state index < -0.39 is 6.10 Å². The molecule has 4 nitrogen and oxygen atoms in total. The predicted octanol–water partition coefficient (Wildman–Crippen LogP) is 1.22. The molecule has 0 aliphatic carbocycles. The molecule has 16 heavy (non-hydrogen) atoms. The van der Waals surface area contributed by atoms with Crippen molar-refractivity contribution in [3.63, 3.8) is 0 Å². The molecule has 1 unspecified atom stereocenters. The van der Waals surface area contributed by atoms with Crippen molar-refractivity contribution in [2.45, 2.75) is 12.5 Å². The zero-order valence-electron chi connectivity index (χ0n) is 9.37.